The van der Waals surface area contributed by atoms with Crippen LogP contribution in [0, 0.1) is 11.3 Å². The summed E-state index contributed by atoms with van der Waals surface area (Å²) in [5.74, 6) is 0. The number of H-pyrrole nitrogens is 1. The van der Waals surface area contributed by atoms with Crippen LogP contribution in [0.5, 0.6) is 0 Å². The molecular weight excluding hydrogens is 312 g/mol. The second-order valence-corrected chi connectivity index (χ2v) is 5.69. The van der Waals surface area contributed by atoms with Crippen LogP contribution in [0.15, 0.2) is 48.3 Å². The van der Waals surface area contributed by atoms with Crippen LogP contribution in [0.25, 0.3) is 16.5 Å². The summed E-state index contributed by atoms with van der Waals surface area (Å²) in [4.78, 5) is 7.42. The van der Waals surface area contributed by atoms with Gasteiger partial charge in [0.1, 0.15) is 6.07 Å². The lowest BCUT2D eigenvalue weighted by atomic mass is 9.93. The number of aliphatic hydroxyl groups is 1. The van der Waals surface area contributed by atoms with Crippen LogP contribution in [-0.2, 0) is 0 Å². The fraction of sp³-hybridized carbons (Fsp3) is 0.0588. The average Bonchev–Trinajstić information content (AvgIpc) is 2.92. The van der Waals surface area contributed by atoms with Crippen molar-refractivity contribution in [2.45, 2.75) is 6.23 Å². The molecule has 3 heterocycles. The first kappa shape index (κ1) is 13.8. The molecule has 1 unspecified atom stereocenters. The number of hydrogen-bond donors (Lipinski definition) is 3. The summed E-state index contributed by atoms with van der Waals surface area (Å²) in [6.45, 7) is 0. The molecule has 0 aliphatic carbocycles. The maximum absolute atomic E-state index is 10.3. The van der Waals surface area contributed by atoms with E-state index in [9.17, 15) is 10.4 Å². The van der Waals surface area contributed by atoms with Crippen molar-refractivity contribution in [3.63, 3.8) is 0 Å². The molecule has 1 aliphatic rings. The summed E-state index contributed by atoms with van der Waals surface area (Å²) >= 11 is 6.09. The van der Waals surface area contributed by atoms with E-state index in [1.807, 2.05) is 18.2 Å². The molecule has 1 aromatic carbocycles. The summed E-state index contributed by atoms with van der Waals surface area (Å²) in [5, 5.41) is 24.3. The summed E-state index contributed by atoms with van der Waals surface area (Å²) in [6.07, 6.45) is 2.26. The molecule has 112 valence electrons. The van der Waals surface area contributed by atoms with Gasteiger partial charge in [-0.3, -0.25) is 4.98 Å². The molecule has 6 heteroatoms. The van der Waals surface area contributed by atoms with Crippen molar-refractivity contribution in [2.24, 2.45) is 0 Å². The average molecular weight is 323 g/mol. The van der Waals surface area contributed by atoms with Gasteiger partial charge in [-0.2, -0.15) is 5.26 Å². The first-order chi connectivity index (χ1) is 11.2. The highest BCUT2D eigenvalue weighted by Gasteiger charge is 2.29. The number of nitriles is 1. The number of benzene rings is 1. The number of anilines is 1. The predicted octanol–water partition coefficient (Wildman–Crippen LogP) is 3.29. The van der Waals surface area contributed by atoms with Gasteiger partial charge in [-0.05, 0) is 24.3 Å². The van der Waals surface area contributed by atoms with Crippen molar-refractivity contribution in [3.05, 3.63) is 64.6 Å². The molecular formula is C17H11ClN4O. The molecule has 0 bridgehead atoms. The third kappa shape index (κ3) is 2.08. The SMILES string of the molecule is N#CC1=C(c2cccnc2)c2[nH]c3ccc(Cl)cc3c2NC1O. The number of nitrogens with one attached hydrogen (secondary N) is 2. The van der Waals surface area contributed by atoms with E-state index in [1.165, 1.54) is 0 Å². The topological polar surface area (TPSA) is 84.7 Å². The molecule has 5 nitrogen and oxygen atoms in total. The zero-order valence-electron chi connectivity index (χ0n) is 11.8. The Bertz CT molecular complexity index is 985. The van der Waals surface area contributed by atoms with Crippen molar-refractivity contribution in [1.29, 1.82) is 5.26 Å². The number of aromatic amines is 1. The highest BCUT2D eigenvalue weighted by Crippen LogP contribution is 2.41. The molecule has 4 rings (SSSR count). The molecule has 1 aliphatic heterocycles. The monoisotopic (exact) mass is 322 g/mol. The van der Waals surface area contributed by atoms with Gasteiger partial charge >= 0.3 is 0 Å². The number of fused-ring (bicyclic) bond motifs is 3. The molecule has 3 aromatic rings. The van der Waals surface area contributed by atoms with Crippen molar-refractivity contribution in [1.82, 2.24) is 9.97 Å². The van der Waals surface area contributed by atoms with Crippen molar-refractivity contribution < 1.29 is 5.11 Å². The van der Waals surface area contributed by atoms with Crippen LogP contribution < -0.4 is 5.32 Å². The third-order valence-corrected chi connectivity index (χ3v) is 4.14. The van der Waals surface area contributed by atoms with Crippen molar-refractivity contribution in [2.75, 3.05) is 5.32 Å². The normalized spacial score (nSPS) is 16.8. The zero-order valence-corrected chi connectivity index (χ0v) is 12.6. The van der Waals surface area contributed by atoms with Gasteiger partial charge in [0.15, 0.2) is 6.23 Å². The summed E-state index contributed by atoms with van der Waals surface area (Å²) in [6, 6.07) is 11.2. The molecule has 0 saturated heterocycles. The number of aliphatic hydroxyl groups excluding tert-OH is 1. The molecule has 1 atom stereocenters. The molecule has 3 N–H and O–H groups in total. The Hall–Kier alpha value is -2.81. The lowest BCUT2D eigenvalue weighted by molar-refractivity contribution is 0.244. The highest BCUT2D eigenvalue weighted by molar-refractivity contribution is 6.31. The number of pyridine rings is 1. The third-order valence-electron chi connectivity index (χ3n) is 3.91. The molecule has 0 fully saturated rings. The number of rotatable bonds is 1. The minimum Gasteiger partial charge on any atom is -0.369 e. The Labute approximate surface area is 136 Å². The lowest BCUT2D eigenvalue weighted by Gasteiger charge is -2.23. The highest BCUT2D eigenvalue weighted by atomic mass is 35.5. The summed E-state index contributed by atoms with van der Waals surface area (Å²) in [7, 11) is 0. The quantitative estimate of drug-likeness (QED) is 0.642. The number of nitrogens with zero attached hydrogens (tertiary/aromatic N) is 2. The maximum atomic E-state index is 10.3. The molecule has 0 spiro atoms. The largest absolute Gasteiger partial charge is 0.369 e. The Balaban J connectivity index is 2.07. The van der Waals surface area contributed by atoms with Gasteiger partial charge in [0, 0.05) is 39.5 Å². The van der Waals surface area contributed by atoms with Crippen LogP contribution in [-0.4, -0.2) is 21.3 Å². The van der Waals surface area contributed by atoms with E-state index in [4.69, 9.17) is 11.6 Å². The van der Waals surface area contributed by atoms with Gasteiger partial charge in [-0.25, -0.2) is 0 Å². The molecule has 23 heavy (non-hydrogen) atoms. The van der Waals surface area contributed by atoms with Gasteiger partial charge in [0.25, 0.3) is 0 Å². The summed E-state index contributed by atoms with van der Waals surface area (Å²) < 4.78 is 0. The maximum Gasteiger partial charge on any atom is 0.161 e. The lowest BCUT2D eigenvalue weighted by Crippen LogP contribution is -2.26. The Morgan fingerprint density at radius 3 is 2.91 bits per heavy atom. The van der Waals surface area contributed by atoms with Crippen LogP contribution in [0.4, 0.5) is 5.69 Å². The van der Waals surface area contributed by atoms with Gasteiger partial charge < -0.3 is 15.4 Å². The van der Waals surface area contributed by atoms with E-state index in [2.05, 4.69) is 21.4 Å². The molecule has 0 radical (unpaired) electrons. The first-order valence-electron chi connectivity index (χ1n) is 7.00. The standard InChI is InChI=1S/C17H11ClN4O/c18-10-3-4-13-11(6-10)15-16(21-13)14(9-2-1-5-20-8-9)12(7-19)17(23)22-15/h1-6,8,17,21-23H. The van der Waals surface area contributed by atoms with E-state index >= 15 is 0 Å². The Morgan fingerprint density at radius 1 is 1.30 bits per heavy atom. The van der Waals surface area contributed by atoms with Gasteiger partial charge in [-0.1, -0.05) is 17.7 Å². The number of hydrogen-bond acceptors (Lipinski definition) is 4. The van der Waals surface area contributed by atoms with Gasteiger partial charge in [0.2, 0.25) is 0 Å². The second-order valence-electron chi connectivity index (χ2n) is 5.25. The van der Waals surface area contributed by atoms with Crippen molar-refractivity contribution >= 4 is 33.8 Å². The number of halogens is 1. The van der Waals surface area contributed by atoms with E-state index in [1.54, 1.807) is 24.5 Å². The predicted molar refractivity (Wildman–Crippen MR) is 88.8 cm³/mol. The second kappa shape index (κ2) is 5.13. The van der Waals surface area contributed by atoms with Crippen LogP contribution >= 0.6 is 11.6 Å². The van der Waals surface area contributed by atoms with E-state index in [-0.39, 0.29) is 5.57 Å². The van der Waals surface area contributed by atoms with Crippen LogP contribution in [0.1, 0.15) is 11.3 Å². The molecule has 2 aromatic heterocycles. The van der Waals surface area contributed by atoms with Gasteiger partial charge in [0.05, 0.1) is 17.0 Å². The first-order valence-corrected chi connectivity index (χ1v) is 7.37. The Morgan fingerprint density at radius 2 is 2.17 bits per heavy atom. The smallest absolute Gasteiger partial charge is 0.161 e. The fourth-order valence-electron chi connectivity index (χ4n) is 2.91. The fourth-order valence-corrected chi connectivity index (χ4v) is 3.08. The Kier molecular flexibility index (Phi) is 3.08. The van der Waals surface area contributed by atoms with E-state index in [0.717, 1.165) is 27.8 Å². The molecule has 0 amide bonds. The number of aromatic nitrogens is 2. The van der Waals surface area contributed by atoms with Crippen LogP contribution in [0.3, 0.4) is 0 Å². The minimum absolute atomic E-state index is 0.253. The van der Waals surface area contributed by atoms with Crippen LogP contribution in [0.2, 0.25) is 5.02 Å². The van der Waals surface area contributed by atoms with Crippen molar-refractivity contribution in [3.8, 4) is 6.07 Å². The minimum atomic E-state index is -1.08. The van der Waals surface area contributed by atoms with E-state index in [0.29, 0.717) is 10.6 Å². The van der Waals surface area contributed by atoms with E-state index < -0.39 is 6.23 Å². The molecule has 0 saturated carbocycles. The zero-order chi connectivity index (χ0) is 16.0. The van der Waals surface area contributed by atoms with Gasteiger partial charge in [-0.15, -0.1) is 0 Å². The summed E-state index contributed by atoms with van der Waals surface area (Å²) in [5.41, 5.74) is 4.02.